The lowest BCUT2D eigenvalue weighted by Gasteiger charge is -2.32. The first kappa shape index (κ1) is 21.4. The average Bonchev–Trinajstić information content (AvgIpc) is 3.17. The highest BCUT2D eigenvalue weighted by Gasteiger charge is 2.22. The maximum absolute atomic E-state index is 12.5. The highest BCUT2D eigenvalue weighted by molar-refractivity contribution is 6.30. The quantitative estimate of drug-likeness (QED) is 0.523. The van der Waals surface area contributed by atoms with Gasteiger partial charge in [-0.25, -0.2) is 13.8 Å². The number of likely N-dealkylation sites (tertiary alicyclic amines) is 1. The van der Waals surface area contributed by atoms with E-state index in [1.807, 2.05) is 19.1 Å². The minimum absolute atomic E-state index is 0.159. The molecule has 3 rings (SSSR count). The number of nitrogens with zero attached hydrogens (tertiary/aromatic N) is 4. The number of benzene rings is 1. The van der Waals surface area contributed by atoms with E-state index in [1.54, 1.807) is 17.0 Å². The first-order valence-corrected chi connectivity index (χ1v) is 10.0. The van der Waals surface area contributed by atoms with Gasteiger partial charge in [-0.05, 0) is 44.0 Å². The fraction of sp³-hybridized carbons (Fsp3) is 0.526. The molecule has 1 aliphatic rings. The number of hydrogen-bond donors (Lipinski definition) is 2. The molecule has 0 spiro atoms. The minimum atomic E-state index is -2.29. The van der Waals surface area contributed by atoms with Gasteiger partial charge in [-0.3, -0.25) is 4.90 Å². The molecule has 1 aliphatic heterocycles. The summed E-state index contributed by atoms with van der Waals surface area (Å²) >= 11 is 5.90. The summed E-state index contributed by atoms with van der Waals surface area (Å²) in [6.07, 6.45) is -0.706. The van der Waals surface area contributed by atoms with E-state index in [4.69, 9.17) is 16.1 Å². The third kappa shape index (κ3) is 6.64. The van der Waals surface area contributed by atoms with Crippen LogP contribution in [0.3, 0.4) is 0 Å². The van der Waals surface area contributed by atoms with Crippen molar-refractivity contribution in [3.8, 4) is 11.4 Å². The van der Waals surface area contributed by atoms with Crippen LogP contribution >= 0.6 is 11.6 Å². The predicted octanol–water partition coefficient (Wildman–Crippen LogP) is 3.17. The van der Waals surface area contributed by atoms with Crippen molar-refractivity contribution in [2.24, 2.45) is 4.99 Å². The first-order chi connectivity index (χ1) is 14.0. The molecule has 1 fully saturated rings. The van der Waals surface area contributed by atoms with Gasteiger partial charge in [-0.15, -0.1) is 0 Å². The molecule has 10 heteroatoms. The van der Waals surface area contributed by atoms with E-state index in [-0.39, 0.29) is 19.1 Å². The molecule has 0 amide bonds. The zero-order valence-electron chi connectivity index (χ0n) is 16.2. The van der Waals surface area contributed by atoms with Gasteiger partial charge in [0, 0.05) is 36.3 Å². The molecule has 7 nitrogen and oxygen atoms in total. The van der Waals surface area contributed by atoms with Crippen LogP contribution in [0, 0.1) is 0 Å². The molecule has 1 saturated heterocycles. The summed E-state index contributed by atoms with van der Waals surface area (Å²) < 4.78 is 30.3. The largest absolute Gasteiger partial charge is 0.357 e. The van der Waals surface area contributed by atoms with E-state index in [1.165, 1.54) is 0 Å². The van der Waals surface area contributed by atoms with Crippen molar-refractivity contribution in [3.05, 3.63) is 35.2 Å². The number of rotatable bonds is 7. The van der Waals surface area contributed by atoms with Gasteiger partial charge in [0.1, 0.15) is 6.54 Å². The van der Waals surface area contributed by atoms with Gasteiger partial charge in [0.05, 0.1) is 6.54 Å². The van der Waals surface area contributed by atoms with Gasteiger partial charge in [-0.1, -0.05) is 16.8 Å². The summed E-state index contributed by atoms with van der Waals surface area (Å²) in [5.74, 6) is 1.53. The Morgan fingerprint density at radius 1 is 1.31 bits per heavy atom. The SMILES string of the molecule is CCNC(=NCc1nc(-c2ccc(Cl)cc2)no1)NC1CCN(CC(F)F)CC1. The fourth-order valence-corrected chi connectivity index (χ4v) is 3.28. The average molecular weight is 427 g/mol. The molecule has 2 aromatic rings. The molecule has 2 heterocycles. The van der Waals surface area contributed by atoms with Crippen molar-refractivity contribution in [1.82, 2.24) is 25.7 Å². The van der Waals surface area contributed by atoms with Gasteiger partial charge in [0.15, 0.2) is 5.96 Å². The molecule has 0 bridgehead atoms. The summed E-state index contributed by atoms with van der Waals surface area (Å²) in [5, 5.41) is 11.2. The Kier molecular flexibility index (Phi) is 7.76. The van der Waals surface area contributed by atoms with Gasteiger partial charge in [-0.2, -0.15) is 4.98 Å². The normalized spacial score (nSPS) is 16.4. The molecule has 158 valence electrons. The van der Waals surface area contributed by atoms with E-state index in [0.29, 0.717) is 42.3 Å². The van der Waals surface area contributed by atoms with Gasteiger partial charge < -0.3 is 15.2 Å². The Morgan fingerprint density at radius 2 is 2.03 bits per heavy atom. The van der Waals surface area contributed by atoms with E-state index < -0.39 is 6.43 Å². The fourth-order valence-electron chi connectivity index (χ4n) is 3.15. The van der Waals surface area contributed by atoms with Crippen molar-refractivity contribution in [3.63, 3.8) is 0 Å². The highest BCUT2D eigenvalue weighted by atomic mass is 35.5. The molecule has 1 aromatic heterocycles. The monoisotopic (exact) mass is 426 g/mol. The number of guanidine groups is 1. The third-order valence-electron chi connectivity index (χ3n) is 4.61. The van der Waals surface area contributed by atoms with Crippen molar-refractivity contribution < 1.29 is 13.3 Å². The molecule has 1 aromatic carbocycles. The Labute approximate surface area is 173 Å². The lowest BCUT2D eigenvalue weighted by atomic mass is 10.1. The number of nitrogens with one attached hydrogen (secondary N) is 2. The first-order valence-electron chi connectivity index (χ1n) is 9.67. The number of aliphatic imine (C=N–C) groups is 1. The van der Waals surface area contributed by atoms with E-state index in [2.05, 4.69) is 25.8 Å². The molecule has 2 N–H and O–H groups in total. The van der Waals surface area contributed by atoms with Crippen LogP contribution in [0.15, 0.2) is 33.8 Å². The summed E-state index contributed by atoms with van der Waals surface area (Å²) in [5.41, 5.74) is 0.814. The van der Waals surface area contributed by atoms with Gasteiger partial charge in [0.25, 0.3) is 6.43 Å². The maximum Gasteiger partial charge on any atom is 0.251 e. The molecule has 0 atom stereocenters. The van der Waals surface area contributed by atoms with Gasteiger partial charge in [0.2, 0.25) is 11.7 Å². The lowest BCUT2D eigenvalue weighted by molar-refractivity contribution is 0.0744. The number of halogens is 3. The molecular weight excluding hydrogens is 402 g/mol. The van der Waals surface area contributed by atoms with Crippen molar-refractivity contribution in [2.45, 2.75) is 38.8 Å². The number of hydrogen-bond acceptors (Lipinski definition) is 5. The molecule has 0 aliphatic carbocycles. The second-order valence-corrected chi connectivity index (χ2v) is 7.26. The molecule has 29 heavy (non-hydrogen) atoms. The van der Waals surface area contributed by atoms with Crippen LogP contribution in [0.25, 0.3) is 11.4 Å². The van der Waals surface area contributed by atoms with E-state index in [9.17, 15) is 8.78 Å². The van der Waals surface area contributed by atoms with Crippen LogP contribution in [-0.4, -0.2) is 59.6 Å². The van der Waals surface area contributed by atoms with Crippen LogP contribution in [0.5, 0.6) is 0 Å². The molecule has 0 saturated carbocycles. The zero-order chi connectivity index (χ0) is 20.6. The number of piperidine rings is 1. The highest BCUT2D eigenvalue weighted by Crippen LogP contribution is 2.19. The molecule has 0 unspecified atom stereocenters. The van der Waals surface area contributed by atoms with Crippen molar-refractivity contribution in [2.75, 3.05) is 26.2 Å². The van der Waals surface area contributed by atoms with E-state index >= 15 is 0 Å². The summed E-state index contributed by atoms with van der Waals surface area (Å²) in [6.45, 7) is 4.06. The van der Waals surface area contributed by atoms with Crippen molar-refractivity contribution >= 4 is 17.6 Å². The van der Waals surface area contributed by atoms with E-state index in [0.717, 1.165) is 18.4 Å². The van der Waals surface area contributed by atoms with Crippen LogP contribution in [0.2, 0.25) is 5.02 Å². The summed E-state index contributed by atoms with van der Waals surface area (Å²) in [7, 11) is 0. The zero-order valence-corrected chi connectivity index (χ0v) is 17.0. The number of alkyl halides is 2. The third-order valence-corrected chi connectivity index (χ3v) is 4.86. The Morgan fingerprint density at radius 3 is 2.69 bits per heavy atom. The van der Waals surface area contributed by atoms with Crippen molar-refractivity contribution in [1.29, 1.82) is 0 Å². The smallest absolute Gasteiger partial charge is 0.251 e. The summed E-state index contributed by atoms with van der Waals surface area (Å²) in [4.78, 5) is 10.7. The predicted molar refractivity (Wildman–Crippen MR) is 108 cm³/mol. The Balaban J connectivity index is 1.55. The van der Waals surface area contributed by atoms with Crippen LogP contribution < -0.4 is 10.6 Å². The molecular formula is C19H25ClF2N6O. The summed E-state index contributed by atoms with van der Waals surface area (Å²) in [6, 6.07) is 7.38. The topological polar surface area (TPSA) is 78.6 Å². The molecule has 0 radical (unpaired) electrons. The Hall–Kier alpha value is -2.26. The number of aromatic nitrogens is 2. The second kappa shape index (κ2) is 10.5. The maximum atomic E-state index is 12.5. The van der Waals surface area contributed by atoms with Crippen LogP contribution in [0.1, 0.15) is 25.7 Å². The lowest BCUT2D eigenvalue weighted by Crippen LogP contribution is -2.49. The van der Waals surface area contributed by atoms with Gasteiger partial charge >= 0.3 is 0 Å². The van der Waals surface area contributed by atoms with Crippen LogP contribution in [-0.2, 0) is 6.54 Å². The second-order valence-electron chi connectivity index (χ2n) is 6.82. The Bertz CT molecular complexity index is 790. The van der Waals surface area contributed by atoms with Crippen LogP contribution in [0.4, 0.5) is 8.78 Å². The minimum Gasteiger partial charge on any atom is -0.357 e. The standard InChI is InChI=1S/C19H25ClF2N6O/c1-2-23-19(25-15-7-9-28(10-8-15)12-16(21)22)24-11-17-26-18(27-29-17)13-3-5-14(20)6-4-13/h3-6,15-16H,2,7-12H2,1H3,(H2,23,24,25).